The molecule has 0 fully saturated rings. The van der Waals surface area contributed by atoms with Gasteiger partial charge < -0.3 is 0 Å². The molecule has 0 saturated heterocycles. The van der Waals surface area contributed by atoms with E-state index in [1.165, 1.54) is 0 Å². The summed E-state index contributed by atoms with van der Waals surface area (Å²) in [4.78, 5) is 0. The molecule has 1 heterocycles. The Bertz CT molecular complexity index is 292. The van der Waals surface area contributed by atoms with Gasteiger partial charge in [-0.3, -0.25) is 5.10 Å². The second kappa shape index (κ2) is 3.74. The Balaban J connectivity index is 2.65. The zero-order valence-corrected chi connectivity index (χ0v) is 7.21. The van der Waals surface area contributed by atoms with Gasteiger partial charge in [0.15, 0.2) is 0 Å². The summed E-state index contributed by atoms with van der Waals surface area (Å²) in [5, 5.41) is 5.06. The molecular formula is C7H6F6N2. The van der Waals surface area contributed by atoms with Crippen molar-refractivity contribution in [3.8, 4) is 0 Å². The summed E-state index contributed by atoms with van der Waals surface area (Å²) in [6, 6.07) is 0.765. The van der Waals surface area contributed by atoms with Crippen molar-refractivity contribution >= 4 is 0 Å². The van der Waals surface area contributed by atoms with E-state index in [-0.39, 0.29) is 5.69 Å². The lowest BCUT2D eigenvalue weighted by Gasteiger charge is -2.02. The molecule has 86 valence electrons. The summed E-state index contributed by atoms with van der Waals surface area (Å²) in [5.41, 5.74) is -0.816. The normalized spacial score (nSPS) is 13.2. The van der Waals surface area contributed by atoms with Crippen molar-refractivity contribution in [3.05, 3.63) is 17.5 Å². The fourth-order valence-corrected chi connectivity index (χ4v) is 1.01. The minimum Gasteiger partial charge on any atom is -0.282 e. The average Bonchev–Trinajstić information content (AvgIpc) is 2.28. The van der Waals surface area contributed by atoms with Gasteiger partial charge in [0.2, 0.25) is 0 Å². The highest BCUT2D eigenvalue weighted by molar-refractivity contribution is 5.10. The van der Waals surface area contributed by atoms with Gasteiger partial charge in [0.25, 0.3) is 0 Å². The van der Waals surface area contributed by atoms with E-state index in [1.807, 2.05) is 5.10 Å². The molecule has 0 aliphatic carbocycles. The summed E-state index contributed by atoms with van der Waals surface area (Å²) in [6.45, 7) is 0. The first-order chi connectivity index (χ1) is 6.66. The lowest BCUT2D eigenvalue weighted by molar-refractivity contribution is -0.128. The van der Waals surface area contributed by atoms with E-state index in [1.54, 1.807) is 0 Å². The average molecular weight is 232 g/mol. The topological polar surface area (TPSA) is 28.7 Å². The summed E-state index contributed by atoms with van der Waals surface area (Å²) in [7, 11) is 0. The van der Waals surface area contributed by atoms with E-state index in [9.17, 15) is 26.3 Å². The number of H-pyrrole nitrogens is 1. The van der Waals surface area contributed by atoms with Crippen LogP contribution in [-0.4, -0.2) is 22.5 Å². The van der Waals surface area contributed by atoms with Crippen LogP contribution in [0, 0.1) is 0 Å². The van der Waals surface area contributed by atoms with Crippen LogP contribution in [0.3, 0.4) is 0 Å². The summed E-state index contributed by atoms with van der Waals surface area (Å²) >= 11 is 0. The van der Waals surface area contributed by atoms with Crippen LogP contribution >= 0.6 is 0 Å². The van der Waals surface area contributed by atoms with Gasteiger partial charge in [0, 0.05) is 5.69 Å². The van der Waals surface area contributed by atoms with E-state index in [0.717, 1.165) is 6.07 Å². The molecule has 0 amide bonds. The number of hydrogen-bond acceptors (Lipinski definition) is 1. The molecule has 0 spiro atoms. The Morgan fingerprint density at radius 2 is 1.53 bits per heavy atom. The molecule has 0 bridgehead atoms. The lowest BCUT2D eigenvalue weighted by atomic mass is 10.2. The molecule has 1 N–H and O–H groups in total. The molecule has 1 aromatic heterocycles. The molecule has 0 aliphatic rings. The molecule has 0 aliphatic heterocycles. The zero-order chi connectivity index (χ0) is 11.7. The van der Waals surface area contributed by atoms with Crippen molar-refractivity contribution < 1.29 is 26.3 Å². The third-order valence-electron chi connectivity index (χ3n) is 1.46. The van der Waals surface area contributed by atoms with Crippen LogP contribution in [-0.2, 0) is 12.8 Å². The van der Waals surface area contributed by atoms with Gasteiger partial charge in [-0.2, -0.15) is 31.4 Å². The number of alkyl halides is 6. The predicted molar refractivity (Wildman–Crippen MR) is 38.1 cm³/mol. The Morgan fingerprint density at radius 1 is 1.00 bits per heavy atom. The fourth-order valence-electron chi connectivity index (χ4n) is 1.01. The quantitative estimate of drug-likeness (QED) is 0.780. The SMILES string of the molecule is FC(F)(F)Cc1cc(CC(F)(F)F)[nH]n1. The van der Waals surface area contributed by atoms with Gasteiger partial charge in [0.1, 0.15) is 0 Å². The molecule has 15 heavy (non-hydrogen) atoms. The summed E-state index contributed by atoms with van der Waals surface area (Å²) < 4.78 is 70.9. The predicted octanol–water partition coefficient (Wildman–Crippen LogP) is 2.62. The van der Waals surface area contributed by atoms with Crippen LogP contribution in [0.2, 0.25) is 0 Å². The van der Waals surface area contributed by atoms with Gasteiger partial charge in [-0.15, -0.1) is 0 Å². The minimum absolute atomic E-state index is 0.373. The van der Waals surface area contributed by atoms with Gasteiger partial charge in [0.05, 0.1) is 18.5 Å². The first-order valence-electron chi connectivity index (χ1n) is 3.82. The van der Waals surface area contributed by atoms with Crippen molar-refractivity contribution in [2.24, 2.45) is 0 Å². The van der Waals surface area contributed by atoms with Crippen molar-refractivity contribution in [2.45, 2.75) is 25.2 Å². The van der Waals surface area contributed by atoms with Crippen LogP contribution in [0.4, 0.5) is 26.3 Å². The molecule has 0 atom stereocenters. The number of rotatable bonds is 2. The molecule has 2 nitrogen and oxygen atoms in total. The van der Waals surface area contributed by atoms with Crippen molar-refractivity contribution in [3.63, 3.8) is 0 Å². The molecule has 0 aromatic carbocycles. The molecule has 1 aromatic rings. The number of nitrogens with zero attached hydrogens (tertiary/aromatic N) is 1. The van der Waals surface area contributed by atoms with Crippen LogP contribution in [0.5, 0.6) is 0 Å². The molecule has 1 rings (SSSR count). The minimum atomic E-state index is -4.47. The summed E-state index contributed by atoms with van der Waals surface area (Å²) in [6.07, 6.45) is -11.6. The molecule has 8 heteroatoms. The van der Waals surface area contributed by atoms with E-state index in [0.29, 0.717) is 0 Å². The highest BCUT2D eigenvalue weighted by Gasteiger charge is 2.31. The summed E-state index contributed by atoms with van der Waals surface area (Å²) in [5.74, 6) is 0. The van der Waals surface area contributed by atoms with Crippen molar-refractivity contribution in [1.82, 2.24) is 10.2 Å². The van der Waals surface area contributed by atoms with Crippen molar-refractivity contribution in [1.29, 1.82) is 0 Å². The maximum Gasteiger partial charge on any atom is 0.394 e. The van der Waals surface area contributed by atoms with Crippen LogP contribution in [0.1, 0.15) is 11.4 Å². The third kappa shape index (κ3) is 4.71. The largest absolute Gasteiger partial charge is 0.394 e. The highest BCUT2D eigenvalue weighted by Crippen LogP contribution is 2.23. The second-order valence-electron chi connectivity index (χ2n) is 2.97. The maximum absolute atomic E-state index is 11.8. The second-order valence-corrected chi connectivity index (χ2v) is 2.97. The molecule has 0 saturated carbocycles. The smallest absolute Gasteiger partial charge is 0.282 e. The van der Waals surface area contributed by atoms with Crippen LogP contribution in [0.25, 0.3) is 0 Å². The lowest BCUT2D eigenvalue weighted by Crippen LogP contribution is -2.12. The van der Waals surface area contributed by atoms with E-state index in [2.05, 4.69) is 5.10 Å². The van der Waals surface area contributed by atoms with Crippen LogP contribution < -0.4 is 0 Å². The first kappa shape index (κ1) is 11.9. The number of hydrogen-bond donors (Lipinski definition) is 1. The number of nitrogens with one attached hydrogen (secondary N) is 1. The number of aromatic amines is 1. The number of halogens is 6. The Labute approximate surface area is 80.3 Å². The van der Waals surface area contributed by atoms with Crippen molar-refractivity contribution in [2.75, 3.05) is 0 Å². The van der Waals surface area contributed by atoms with E-state index >= 15 is 0 Å². The van der Waals surface area contributed by atoms with E-state index < -0.39 is 30.9 Å². The zero-order valence-electron chi connectivity index (χ0n) is 7.21. The standard InChI is InChI=1S/C7H6F6N2/c8-6(9,10)2-4-1-5(15-14-4)3-7(11,12)13/h1H,2-3H2,(H,14,15). The monoisotopic (exact) mass is 232 g/mol. The first-order valence-corrected chi connectivity index (χ1v) is 3.82. The van der Waals surface area contributed by atoms with Gasteiger partial charge in [-0.1, -0.05) is 0 Å². The Hall–Kier alpha value is -1.21. The molecular weight excluding hydrogens is 226 g/mol. The van der Waals surface area contributed by atoms with Gasteiger partial charge >= 0.3 is 12.4 Å². The van der Waals surface area contributed by atoms with Gasteiger partial charge in [-0.25, -0.2) is 0 Å². The Kier molecular flexibility index (Phi) is 2.96. The van der Waals surface area contributed by atoms with Gasteiger partial charge in [-0.05, 0) is 6.07 Å². The highest BCUT2D eigenvalue weighted by atomic mass is 19.4. The third-order valence-corrected chi connectivity index (χ3v) is 1.46. The maximum atomic E-state index is 11.8. The fraction of sp³-hybridized carbons (Fsp3) is 0.571. The molecule has 0 radical (unpaired) electrons. The van der Waals surface area contributed by atoms with E-state index in [4.69, 9.17) is 0 Å². The Morgan fingerprint density at radius 3 is 2.00 bits per heavy atom. The molecule has 0 unspecified atom stereocenters. The number of aromatic nitrogens is 2. The van der Waals surface area contributed by atoms with Crippen LogP contribution in [0.15, 0.2) is 6.07 Å².